The lowest BCUT2D eigenvalue weighted by atomic mass is 9.94. The maximum atomic E-state index is 12.6. The summed E-state index contributed by atoms with van der Waals surface area (Å²) in [5, 5.41) is 14.3. The molecule has 0 radical (unpaired) electrons. The highest BCUT2D eigenvalue weighted by Gasteiger charge is 2.28. The summed E-state index contributed by atoms with van der Waals surface area (Å²) < 4.78 is 27.8. The van der Waals surface area contributed by atoms with Crippen molar-refractivity contribution < 1.29 is 13.5 Å². The number of nitrogens with one attached hydrogen (secondary N) is 1. The van der Waals surface area contributed by atoms with Gasteiger partial charge in [-0.15, -0.1) is 11.3 Å². The van der Waals surface area contributed by atoms with Crippen LogP contribution in [0, 0.1) is 0 Å². The first-order valence-electron chi connectivity index (χ1n) is 8.08. The number of rotatable bonds is 6. The van der Waals surface area contributed by atoms with Crippen LogP contribution in [-0.2, 0) is 15.6 Å². The van der Waals surface area contributed by atoms with Crippen molar-refractivity contribution in [1.82, 2.24) is 4.98 Å². The average molecular weight is 377 g/mol. The Morgan fingerprint density at radius 3 is 2.48 bits per heavy atom. The van der Waals surface area contributed by atoms with Crippen LogP contribution >= 0.6 is 11.3 Å². The maximum absolute atomic E-state index is 12.6. The first kappa shape index (κ1) is 17.8. The summed E-state index contributed by atoms with van der Waals surface area (Å²) >= 11 is 1.17. The van der Waals surface area contributed by atoms with Crippen LogP contribution in [0.25, 0.3) is 10.8 Å². The SMILES string of the molecule is CCC(O)(CC)c1csc(NS(=O)(=O)c2ccc3ccccc3c2)n1. The normalized spacial score (nSPS) is 12.4. The summed E-state index contributed by atoms with van der Waals surface area (Å²) in [6, 6.07) is 12.6. The first-order chi connectivity index (χ1) is 11.9. The number of anilines is 1. The quantitative estimate of drug-likeness (QED) is 0.679. The maximum Gasteiger partial charge on any atom is 0.263 e. The van der Waals surface area contributed by atoms with Crippen LogP contribution in [0.2, 0.25) is 0 Å². The van der Waals surface area contributed by atoms with Gasteiger partial charge in [0.25, 0.3) is 10.0 Å². The highest BCUT2D eigenvalue weighted by molar-refractivity contribution is 7.93. The zero-order valence-corrected chi connectivity index (χ0v) is 15.7. The van der Waals surface area contributed by atoms with E-state index in [2.05, 4.69) is 9.71 Å². The lowest BCUT2D eigenvalue weighted by molar-refractivity contribution is 0.0247. The molecule has 0 unspecified atom stereocenters. The van der Waals surface area contributed by atoms with Gasteiger partial charge in [-0.2, -0.15) is 0 Å². The molecule has 2 aromatic carbocycles. The highest BCUT2D eigenvalue weighted by atomic mass is 32.2. The molecule has 0 spiro atoms. The topological polar surface area (TPSA) is 79.3 Å². The number of thiazole rings is 1. The zero-order valence-electron chi connectivity index (χ0n) is 14.1. The number of nitrogens with zero attached hydrogens (tertiary/aromatic N) is 1. The molecule has 5 nitrogen and oxygen atoms in total. The van der Waals surface area contributed by atoms with Gasteiger partial charge in [0.15, 0.2) is 5.13 Å². The lowest BCUT2D eigenvalue weighted by Gasteiger charge is -2.22. The van der Waals surface area contributed by atoms with Crippen LogP contribution in [0.15, 0.2) is 52.7 Å². The van der Waals surface area contributed by atoms with Gasteiger partial charge >= 0.3 is 0 Å². The smallest absolute Gasteiger partial charge is 0.263 e. The van der Waals surface area contributed by atoms with Crippen molar-refractivity contribution in [1.29, 1.82) is 0 Å². The van der Waals surface area contributed by atoms with E-state index in [0.717, 1.165) is 10.8 Å². The third-order valence-corrected chi connectivity index (χ3v) is 6.63. The Balaban J connectivity index is 1.89. The van der Waals surface area contributed by atoms with Gasteiger partial charge in [0.2, 0.25) is 0 Å². The van der Waals surface area contributed by atoms with E-state index in [1.807, 2.05) is 38.1 Å². The van der Waals surface area contributed by atoms with Crippen LogP contribution in [0.3, 0.4) is 0 Å². The van der Waals surface area contributed by atoms with E-state index < -0.39 is 15.6 Å². The number of sulfonamides is 1. The Morgan fingerprint density at radius 1 is 1.12 bits per heavy atom. The molecule has 25 heavy (non-hydrogen) atoms. The van der Waals surface area contributed by atoms with E-state index in [4.69, 9.17) is 0 Å². The minimum Gasteiger partial charge on any atom is -0.384 e. The van der Waals surface area contributed by atoms with E-state index in [1.54, 1.807) is 23.6 Å². The fourth-order valence-corrected chi connectivity index (χ4v) is 4.75. The molecule has 132 valence electrons. The Hall–Kier alpha value is -1.96. The Kier molecular flexibility index (Phi) is 4.81. The van der Waals surface area contributed by atoms with Crippen molar-refractivity contribution in [3.05, 3.63) is 53.5 Å². The zero-order chi connectivity index (χ0) is 18.1. The Bertz CT molecular complexity index is 992. The van der Waals surface area contributed by atoms with Gasteiger partial charge in [0.05, 0.1) is 10.6 Å². The number of benzene rings is 2. The van der Waals surface area contributed by atoms with Crippen molar-refractivity contribution in [2.45, 2.75) is 37.2 Å². The molecule has 0 aliphatic rings. The second-order valence-electron chi connectivity index (χ2n) is 5.89. The largest absolute Gasteiger partial charge is 0.384 e. The van der Waals surface area contributed by atoms with Gasteiger partial charge < -0.3 is 5.11 Å². The monoisotopic (exact) mass is 376 g/mol. The summed E-state index contributed by atoms with van der Waals surface area (Å²) in [5.41, 5.74) is -0.526. The first-order valence-corrected chi connectivity index (χ1v) is 10.4. The van der Waals surface area contributed by atoms with Gasteiger partial charge in [0.1, 0.15) is 5.60 Å². The third kappa shape index (κ3) is 3.53. The summed E-state index contributed by atoms with van der Waals surface area (Å²) in [6.07, 6.45) is 1.04. The standard InChI is InChI=1S/C18H20N2O3S2/c1-3-18(21,4-2)16-12-24-17(19-16)20-25(22,23)15-10-9-13-7-5-6-8-14(13)11-15/h5-12,21H,3-4H2,1-2H3,(H,19,20). The number of fused-ring (bicyclic) bond motifs is 1. The molecular weight excluding hydrogens is 356 g/mol. The average Bonchev–Trinajstić information content (AvgIpc) is 3.09. The summed E-state index contributed by atoms with van der Waals surface area (Å²) in [5.74, 6) is 0. The summed E-state index contributed by atoms with van der Waals surface area (Å²) in [7, 11) is -3.73. The molecule has 2 N–H and O–H groups in total. The van der Waals surface area contributed by atoms with Gasteiger partial charge in [-0.3, -0.25) is 4.72 Å². The summed E-state index contributed by atoms with van der Waals surface area (Å²) in [6.45, 7) is 3.75. The molecule has 0 aliphatic carbocycles. The second-order valence-corrected chi connectivity index (χ2v) is 8.43. The van der Waals surface area contributed by atoms with Crippen molar-refractivity contribution in [2.24, 2.45) is 0 Å². The second kappa shape index (κ2) is 6.74. The van der Waals surface area contributed by atoms with Crippen LogP contribution in [0.1, 0.15) is 32.4 Å². The minimum absolute atomic E-state index is 0.184. The van der Waals surface area contributed by atoms with E-state index in [-0.39, 0.29) is 10.0 Å². The van der Waals surface area contributed by atoms with Crippen LogP contribution < -0.4 is 4.72 Å². The van der Waals surface area contributed by atoms with E-state index in [1.165, 1.54) is 11.3 Å². The third-order valence-electron chi connectivity index (χ3n) is 4.40. The molecule has 0 bridgehead atoms. The number of hydrogen-bond acceptors (Lipinski definition) is 5. The van der Waals surface area contributed by atoms with Gasteiger partial charge in [0, 0.05) is 5.38 Å². The van der Waals surface area contributed by atoms with Crippen LogP contribution in [-0.4, -0.2) is 18.5 Å². The van der Waals surface area contributed by atoms with Gasteiger partial charge in [-0.1, -0.05) is 44.2 Å². The van der Waals surface area contributed by atoms with Crippen molar-refractivity contribution in [3.63, 3.8) is 0 Å². The molecule has 0 atom stereocenters. The molecule has 0 fully saturated rings. The highest BCUT2D eigenvalue weighted by Crippen LogP contribution is 2.32. The predicted octanol–water partition coefficient (Wildman–Crippen LogP) is 4.10. The van der Waals surface area contributed by atoms with E-state index >= 15 is 0 Å². The number of aliphatic hydroxyl groups is 1. The van der Waals surface area contributed by atoms with Crippen LogP contribution in [0.5, 0.6) is 0 Å². The number of aromatic nitrogens is 1. The Labute approximate surface area is 151 Å². The molecule has 3 aromatic rings. The summed E-state index contributed by atoms with van der Waals surface area (Å²) in [4.78, 5) is 4.46. The Morgan fingerprint density at radius 2 is 1.80 bits per heavy atom. The molecule has 0 amide bonds. The molecule has 0 saturated heterocycles. The lowest BCUT2D eigenvalue weighted by Crippen LogP contribution is -2.24. The molecule has 7 heteroatoms. The molecule has 0 aliphatic heterocycles. The number of hydrogen-bond donors (Lipinski definition) is 2. The fraction of sp³-hybridized carbons (Fsp3) is 0.278. The minimum atomic E-state index is -3.73. The molecule has 3 rings (SSSR count). The molecule has 1 aromatic heterocycles. The van der Waals surface area contributed by atoms with E-state index in [9.17, 15) is 13.5 Å². The fourth-order valence-electron chi connectivity index (χ4n) is 2.66. The van der Waals surface area contributed by atoms with Crippen molar-refractivity contribution in [3.8, 4) is 0 Å². The molecular formula is C18H20N2O3S2. The van der Waals surface area contributed by atoms with Gasteiger partial charge in [-0.05, 0) is 35.7 Å². The van der Waals surface area contributed by atoms with E-state index in [0.29, 0.717) is 18.5 Å². The van der Waals surface area contributed by atoms with Crippen LogP contribution in [0.4, 0.5) is 5.13 Å². The predicted molar refractivity (Wildman–Crippen MR) is 101 cm³/mol. The molecule has 0 saturated carbocycles. The van der Waals surface area contributed by atoms with Crippen molar-refractivity contribution in [2.75, 3.05) is 4.72 Å². The van der Waals surface area contributed by atoms with Gasteiger partial charge in [-0.25, -0.2) is 13.4 Å². The van der Waals surface area contributed by atoms with Crippen molar-refractivity contribution >= 4 is 37.3 Å². The molecule has 1 heterocycles.